The molecule has 0 saturated carbocycles. The third kappa shape index (κ3) is 5.21. The molecule has 3 rings (SSSR count). The number of rotatable bonds is 5. The molecule has 0 aliphatic carbocycles. The fourth-order valence-electron chi connectivity index (χ4n) is 3.39. The largest absolute Gasteiger partial charge is 0.321 e. The van der Waals surface area contributed by atoms with Gasteiger partial charge in [0.25, 0.3) is 15.9 Å². The molecule has 1 heterocycles. The number of hydrogen-bond acceptors (Lipinski definition) is 4. The maximum Gasteiger partial charge on any atom is 0.283 e. The van der Waals surface area contributed by atoms with E-state index in [4.69, 9.17) is 23.2 Å². The maximum absolute atomic E-state index is 12.8. The van der Waals surface area contributed by atoms with Crippen LogP contribution in [0.15, 0.2) is 45.7 Å². The highest BCUT2D eigenvalue weighted by Crippen LogP contribution is 2.33. The zero-order chi connectivity index (χ0) is 21.9. The monoisotopic (exact) mass is 467 g/mol. The standard InChI is InChI=1S/C21H23Cl2N3O3S/c1-13-5-3-4-6-16(13)21(27)25-19-11-18(23)20(12-17(19)22)30(28,29)26-14(2)15-7-9-24-10-8-15/h3-6,11-12,15,24H,7-10H2,1-2H3,(H,25,27)/b26-14-. The number of carbonyl (C=O) groups excluding carboxylic acids is 1. The quantitative estimate of drug-likeness (QED) is 0.623. The Morgan fingerprint density at radius 3 is 2.47 bits per heavy atom. The number of benzene rings is 2. The lowest BCUT2D eigenvalue weighted by Crippen LogP contribution is -2.31. The second-order valence-electron chi connectivity index (χ2n) is 7.26. The van der Waals surface area contributed by atoms with Crippen LogP contribution in [0.1, 0.15) is 35.7 Å². The van der Waals surface area contributed by atoms with Gasteiger partial charge in [-0.1, -0.05) is 41.4 Å². The molecular formula is C21H23Cl2N3O3S. The van der Waals surface area contributed by atoms with Crippen LogP contribution in [-0.2, 0) is 10.0 Å². The number of anilines is 1. The summed E-state index contributed by atoms with van der Waals surface area (Å²) in [4.78, 5) is 12.4. The summed E-state index contributed by atoms with van der Waals surface area (Å²) in [5, 5.41) is 5.94. The first-order chi connectivity index (χ1) is 14.2. The summed E-state index contributed by atoms with van der Waals surface area (Å²) in [6.07, 6.45) is 1.67. The molecule has 0 spiro atoms. The van der Waals surface area contributed by atoms with Gasteiger partial charge in [0.1, 0.15) is 4.90 Å². The molecule has 0 aromatic heterocycles. The van der Waals surface area contributed by atoms with Crippen molar-refractivity contribution in [3.05, 3.63) is 57.6 Å². The third-order valence-corrected chi connectivity index (χ3v) is 7.29. The van der Waals surface area contributed by atoms with Crippen molar-refractivity contribution in [2.24, 2.45) is 10.3 Å². The SMILES string of the molecule is C/C(=N/S(=O)(=O)c1cc(Cl)c(NC(=O)c2ccccc2C)cc1Cl)C1CCNCC1. The van der Waals surface area contributed by atoms with Gasteiger partial charge >= 0.3 is 0 Å². The highest BCUT2D eigenvalue weighted by Gasteiger charge is 2.23. The first kappa shape index (κ1) is 22.7. The van der Waals surface area contributed by atoms with E-state index in [0.29, 0.717) is 11.3 Å². The molecule has 2 aromatic rings. The number of sulfonamides is 1. The number of hydrogen-bond donors (Lipinski definition) is 2. The number of halogens is 2. The van der Waals surface area contributed by atoms with Crippen LogP contribution in [-0.4, -0.2) is 33.1 Å². The third-order valence-electron chi connectivity index (χ3n) is 5.13. The highest BCUT2D eigenvalue weighted by atomic mass is 35.5. The van der Waals surface area contributed by atoms with Gasteiger partial charge in [-0.15, -0.1) is 0 Å². The minimum Gasteiger partial charge on any atom is -0.321 e. The van der Waals surface area contributed by atoms with Crippen LogP contribution in [0.4, 0.5) is 5.69 Å². The van der Waals surface area contributed by atoms with Crippen LogP contribution in [0.2, 0.25) is 10.0 Å². The van der Waals surface area contributed by atoms with Gasteiger partial charge in [-0.05, 0) is 63.5 Å². The summed E-state index contributed by atoms with van der Waals surface area (Å²) < 4.78 is 29.6. The predicted octanol–water partition coefficient (Wildman–Crippen LogP) is 4.70. The van der Waals surface area contributed by atoms with Crippen molar-refractivity contribution in [3.63, 3.8) is 0 Å². The van der Waals surface area contributed by atoms with Gasteiger partial charge in [0.05, 0.1) is 15.7 Å². The molecular weight excluding hydrogens is 445 g/mol. The molecule has 2 aromatic carbocycles. The molecule has 0 atom stereocenters. The second-order valence-corrected chi connectivity index (χ2v) is 9.65. The van der Waals surface area contributed by atoms with E-state index >= 15 is 0 Å². The zero-order valence-electron chi connectivity index (χ0n) is 16.7. The first-order valence-electron chi connectivity index (χ1n) is 9.57. The van der Waals surface area contributed by atoms with Crippen molar-refractivity contribution >= 4 is 50.5 Å². The van der Waals surface area contributed by atoms with E-state index < -0.39 is 10.0 Å². The van der Waals surface area contributed by atoms with E-state index in [1.165, 1.54) is 12.1 Å². The van der Waals surface area contributed by atoms with E-state index in [2.05, 4.69) is 15.0 Å². The first-order valence-corrected chi connectivity index (χ1v) is 11.8. The molecule has 1 amide bonds. The number of nitrogens with zero attached hydrogens (tertiary/aromatic N) is 1. The van der Waals surface area contributed by atoms with Gasteiger partial charge in [-0.25, -0.2) is 0 Å². The van der Waals surface area contributed by atoms with E-state index in [1.54, 1.807) is 19.1 Å². The molecule has 160 valence electrons. The Bertz CT molecular complexity index is 1090. The fourth-order valence-corrected chi connectivity index (χ4v) is 5.32. The van der Waals surface area contributed by atoms with Gasteiger partial charge in [0.15, 0.2) is 0 Å². The normalized spacial score (nSPS) is 15.8. The smallest absolute Gasteiger partial charge is 0.283 e. The van der Waals surface area contributed by atoms with Gasteiger partial charge in [-0.3, -0.25) is 4.79 Å². The summed E-state index contributed by atoms with van der Waals surface area (Å²) in [7, 11) is -4.03. The topological polar surface area (TPSA) is 87.6 Å². The Labute approximate surface area is 186 Å². The summed E-state index contributed by atoms with van der Waals surface area (Å²) in [6, 6.07) is 9.67. The van der Waals surface area contributed by atoms with Crippen LogP contribution in [0.3, 0.4) is 0 Å². The minimum absolute atomic E-state index is 0.0543. The van der Waals surface area contributed by atoms with Crippen molar-refractivity contribution in [1.29, 1.82) is 0 Å². The van der Waals surface area contributed by atoms with Crippen LogP contribution in [0.25, 0.3) is 0 Å². The number of piperidine rings is 1. The molecule has 1 aliphatic heterocycles. The molecule has 1 saturated heterocycles. The Morgan fingerprint density at radius 2 is 1.80 bits per heavy atom. The molecule has 1 fully saturated rings. The zero-order valence-corrected chi connectivity index (χ0v) is 19.0. The van der Waals surface area contributed by atoms with Gasteiger partial charge < -0.3 is 10.6 Å². The average Bonchev–Trinajstić information content (AvgIpc) is 2.71. The lowest BCUT2D eigenvalue weighted by molar-refractivity contribution is 0.102. The summed E-state index contributed by atoms with van der Waals surface area (Å²) >= 11 is 12.5. The molecule has 9 heteroatoms. The van der Waals surface area contributed by atoms with E-state index in [9.17, 15) is 13.2 Å². The van der Waals surface area contributed by atoms with Crippen molar-refractivity contribution in [1.82, 2.24) is 5.32 Å². The number of nitrogens with one attached hydrogen (secondary N) is 2. The summed E-state index contributed by atoms with van der Waals surface area (Å²) in [6.45, 7) is 5.21. The Balaban J connectivity index is 1.86. The number of carbonyl (C=O) groups is 1. The Kier molecular flexibility index (Phi) is 7.18. The van der Waals surface area contributed by atoms with E-state index in [0.717, 1.165) is 31.5 Å². The molecule has 6 nitrogen and oxygen atoms in total. The van der Waals surface area contributed by atoms with Gasteiger partial charge in [0.2, 0.25) is 0 Å². The van der Waals surface area contributed by atoms with Crippen molar-refractivity contribution in [2.45, 2.75) is 31.6 Å². The Hall–Kier alpha value is -1.93. The summed E-state index contributed by atoms with van der Waals surface area (Å²) in [5.41, 5.74) is 2.08. The van der Waals surface area contributed by atoms with Crippen LogP contribution in [0.5, 0.6) is 0 Å². The van der Waals surface area contributed by atoms with Crippen molar-refractivity contribution in [2.75, 3.05) is 18.4 Å². The molecule has 0 bridgehead atoms. The fraction of sp³-hybridized carbons (Fsp3) is 0.333. The molecule has 0 radical (unpaired) electrons. The highest BCUT2D eigenvalue weighted by molar-refractivity contribution is 7.90. The molecule has 0 unspecified atom stereocenters. The maximum atomic E-state index is 12.8. The van der Waals surface area contributed by atoms with E-state index in [-0.39, 0.29) is 32.5 Å². The van der Waals surface area contributed by atoms with Crippen molar-refractivity contribution in [3.8, 4) is 0 Å². The van der Waals surface area contributed by atoms with Crippen LogP contribution >= 0.6 is 23.2 Å². The lowest BCUT2D eigenvalue weighted by atomic mass is 9.94. The van der Waals surface area contributed by atoms with Gasteiger partial charge in [0, 0.05) is 17.2 Å². The van der Waals surface area contributed by atoms with Gasteiger partial charge in [-0.2, -0.15) is 12.8 Å². The van der Waals surface area contributed by atoms with Crippen molar-refractivity contribution < 1.29 is 13.2 Å². The predicted molar refractivity (Wildman–Crippen MR) is 121 cm³/mol. The average molecular weight is 468 g/mol. The molecule has 2 N–H and O–H groups in total. The minimum atomic E-state index is -4.03. The summed E-state index contributed by atoms with van der Waals surface area (Å²) in [5.74, 6) is -0.246. The second kappa shape index (κ2) is 9.47. The lowest BCUT2D eigenvalue weighted by Gasteiger charge is -2.22. The molecule has 1 aliphatic rings. The molecule has 30 heavy (non-hydrogen) atoms. The number of aryl methyl sites for hydroxylation is 1. The number of amides is 1. The van der Waals surface area contributed by atoms with E-state index in [1.807, 2.05) is 19.1 Å². The Morgan fingerprint density at radius 1 is 1.13 bits per heavy atom. The van der Waals surface area contributed by atoms with Crippen LogP contribution in [0, 0.1) is 12.8 Å². The van der Waals surface area contributed by atoms with Crippen LogP contribution < -0.4 is 10.6 Å².